The van der Waals surface area contributed by atoms with Crippen LogP contribution in [0.1, 0.15) is 0 Å². The molecular weight excluding hydrogens is 336 g/mol. The fourth-order valence-corrected chi connectivity index (χ4v) is 2.43. The third-order valence-corrected chi connectivity index (χ3v) is 3.69. The quantitative estimate of drug-likeness (QED) is 0.652. The molecule has 0 saturated heterocycles. The number of nitrogens with zero attached hydrogens (tertiary/aromatic N) is 3. The number of anilines is 2. The standard InChI is InChI=1S/C18H17N4O4/c1-25-14-5-3-4-12(8-14)15-10-18(20-11-19-15)21-13-6-7-17(26-2)16(9-13)22(23)24/h3-11H,1-2H3,(H,23,24)(H,19,20,21)/q+1. The Kier molecular flexibility index (Phi) is 4.93. The molecule has 0 atom stereocenters. The Hall–Kier alpha value is -3.68. The maximum Gasteiger partial charge on any atom is 0.360 e. The number of benzene rings is 2. The first kappa shape index (κ1) is 17.2. The molecule has 8 nitrogen and oxygen atoms in total. The Bertz CT molecular complexity index is 946. The summed E-state index contributed by atoms with van der Waals surface area (Å²) in [5, 5.41) is 12.3. The Morgan fingerprint density at radius 3 is 2.62 bits per heavy atom. The molecule has 1 aromatic heterocycles. The van der Waals surface area contributed by atoms with Crippen molar-refractivity contribution in [2.24, 2.45) is 0 Å². The lowest BCUT2D eigenvalue weighted by Gasteiger charge is -2.08. The summed E-state index contributed by atoms with van der Waals surface area (Å²) in [7, 11) is 3.02. The van der Waals surface area contributed by atoms with Crippen LogP contribution in [0.15, 0.2) is 54.9 Å². The number of methoxy groups -OCH3 is 2. The van der Waals surface area contributed by atoms with Gasteiger partial charge in [-0.1, -0.05) is 12.1 Å². The summed E-state index contributed by atoms with van der Waals surface area (Å²) < 4.78 is 10.3. The zero-order valence-corrected chi connectivity index (χ0v) is 14.2. The Balaban J connectivity index is 1.89. The molecule has 0 spiro atoms. The first-order valence-electron chi connectivity index (χ1n) is 7.68. The van der Waals surface area contributed by atoms with Crippen molar-refractivity contribution in [3.05, 3.63) is 59.8 Å². The molecular formula is C18H17N4O4+. The number of rotatable bonds is 6. The summed E-state index contributed by atoms with van der Waals surface area (Å²) in [6.45, 7) is 0. The molecule has 26 heavy (non-hydrogen) atoms. The van der Waals surface area contributed by atoms with Gasteiger partial charge in [0.2, 0.25) is 5.75 Å². The summed E-state index contributed by atoms with van der Waals surface area (Å²) in [5.74, 6) is 1.52. The molecule has 3 rings (SSSR count). The third kappa shape index (κ3) is 3.69. The van der Waals surface area contributed by atoms with Crippen molar-refractivity contribution < 1.29 is 19.6 Å². The normalized spacial score (nSPS) is 10.2. The number of ether oxygens (including phenoxy) is 2. The second-order valence-electron chi connectivity index (χ2n) is 5.31. The van der Waals surface area contributed by atoms with Crippen LogP contribution in [0.25, 0.3) is 11.3 Å². The second kappa shape index (κ2) is 7.47. The lowest BCUT2D eigenvalue weighted by atomic mass is 10.1. The fourth-order valence-electron chi connectivity index (χ4n) is 2.43. The molecule has 0 unspecified atom stereocenters. The molecule has 0 amide bonds. The number of nitrogens with one attached hydrogen (secondary N) is 1. The van der Waals surface area contributed by atoms with Crippen LogP contribution in [0, 0.1) is 4.91 Å². The fraction of sp³-hybridized carbons (Fsp3) is 0.111. The SMILES string of the molecule is COc1cccc(-c2cc(Nc3ccc(OC)c([N+](=O)O)c3)ncn2)c1. The third-order valence-electron chi connectivity index (χ3n) is 3.69. The van der Waals surface area contributed by atoms with E-state index in [1.54, 1.807) is 25.3 Å². The highest BCUT2D eigenvalue weighted by atomic mass is 16.6. The maximum atomic E-state index is 11.3. The summed E-state index contributed by atoms with van der Waals surface area (Å²) in [5.41, 5.74) is 2.14. The zero-order valence-electron chi connectivity index (χ0n) is 14.2. The summed E-state index contributed by atoms with van der Waals surface area (Å²) >= 11 is 0. The summed E-state index contributed by atoms with van der Waals surface area (Å²) in [6.07, 6.45) is 1.44. The van der Waals surface area contributed by atoms with E-state index in [0.29, 0.717) is 17.2 Å². The molecule has 132 valence electrons. The first-order chi connectivity index (χ1) is 12.6. The van der Waals surface area contributed by atoms with Crippen LogP contribution in [0.2, 0.25) is 0 Å². The number of aromatic nitrogens is 2. The van der Waals surface area contributed by atoms with Crippen molar-refractivity contribution in [1.82, 2.24) is 9.97 Å². The van der Waals surface area contributed by atoms with Gasteiger partial charge in [-0.3, -0.25) is 0 Å². The van der Waals surface area contributed by atoms with Crippen molar-refractivity contribution in [3.8, 4) is 22.8 Å². The Labute approximate surface area is 149 Å². The zero-order chi connectivity index (χ0) is 18.5. The lowest BCUT2D eigenvalue weighted by Crippen LogP contribution is -1.99. The smallest absolute Gasteiger partial charge is 0.360 e. The maximum absolute atomic E-state index is 11.3. The van der Waals surface area contributed by atoms with Crippen LogP contribution in [-0.2, 0) is 0 Å². The van der Waals surface area contributed by atoms with Crippen molar-refractivity contribution in [1.29, 1.82) is 0 Å². The van der Waals surface area contributed by atoms with Crippen molar-refractivity contribution >= 4 is 17.2 Å². The molecule has 0 bridgehead atoms. The Morgan fingerprint density at radius 1 is 1.04 bits per heavy atom. The van der Waals surface area contributed by atoms with E-state index in [2.05, 4.69) is 15.3 Å². The summed E-state index contributed by atoms with van der Waals surface area (Å²) in [4.78, 5) is 19.5. The first-order valence-corrected chi connectivity index (χ1v) is 7.68. The van der Waals surface area contributed by atoms with Crippen molar-refractivity contribution in [2.45, 2.75) is 0 Å². The van der Waals surface area contributed by atoms with Crippen LogP contribution in [0.3, 0.4) is 0 Å². The van der Waals surface area contributed by atoms with Crippen LogP contribution >= 0.6 is 0 Å². The average molecular weight is 353 g/mol. The topological polar surface area (TPSA) is 96.6 Å². The van der Waals surface area contributed by atoms with Crippen molar-refractivity contribution in [3.63, 3.8) is 0 Å². The van der Waals surface area contributed by atoms with Crippen LogP contribution in [-0.4, -0.2) is 34.3 Å². The lowest BCUT2D eigenvalue weighted by molar-refractivity contribution is -0.730. The number of hydrogen-bond acceptors (Lipinski definition) is 6. The molecule has 0 aliphatic heterocycles. The van der Waals surface area contributed by atoms with E-state index in [4.69, 9.17) is 9.47 Å². The van der Waals surface area contributed by atoms with E-state index < -0.39 is 0 Å². The van der Waals surface area contributed by atoms with Gasteiger partial charge in [0.05, 0.1) is 24.8 Å². The van der Waals surface area contributed by atoms with Gasteiger partial charge in [-0.15, -0.1) is 0 Å². The monoisotopic (exact) mass is 353 g/mol. The van der Waals surface area contributed by atoms with Crippen LogP contribution in [0.5, 0.6) is 11.5 Å². The molecule has 8 heteroatoms. The van der Waals surface area contributed by atoms with Gasteiger partial charge in [0, 0.05) is 23.4 Å². The van der Waals surface area contributed by atoms with Crippen molar-refractivity contribution in [2.75, 3.05) is 19.5 Å². The minimum atomic E-state index is -0.244. The van der Waals surface area contributed by atoms with Gasteiger partial charge in [0.1, 0.15) is 17.9 Å². The minimum absolute atomic E-state index is 0.0143. The molecule has 2 N–H and O–H groups in total. The predicted octanol–water partition coefficient (Wildman–Crippen LogP) is 3.70. The molecule has 2 aromatic carbocycles. The molecule has 1 heterocycles. The predicted molar refractivity (Wildman–Crippen MR) is 95.4 cm³/mol. The van der Waals surface area contributed by atoms with Gasteiger partial charge >= 0.3 is 5.69 Å². The highest BCUT2D eigenvalue weighted by Crippen LogP contribution is 2.31. The molecule has 0 fully saturated rings. The largest absolute Gasteiger partial charge is 0.497 e. The molecule has 0 aliphatic rings. The summed E-state index contributed by atoms with van der Waals surface area (Å²) in [6, 6.07) is 14.0. The Morgan fingerprint density at radius 2 is 1.88 bits per heavy atom. The van der Waals surface area contributed by atoms with E-state index in [-0.39, 0.29) is 16.4 Å². The minimum Gasteiger partial charge on any atom is -0.497 e. The molecule has 0 aliphatic carbocycles. The van der Waals surface area contributed by atoms with E-state index in [0.717, 1.165) is 11.3 Å². The molecule has 0 saturated carbocycles. The second-order valence-corrected chi connectivity index (χ2v) is 5.31. The highest BCUT2D eigenvalue weighted by molar-refractivity contribution is 5.68. The van der Waals surface area contributed by atoms with Gasteiger partial charge in [0.15, 0.2) is 0 Å². The highest BCUT2D eigenvalue weighted by Gasteiger charge is 2.20. The van der Waals surface area contributed by atoms with Crippen LogP contribution in [0.4, 0.5) is 17.2 Å². The van der Waals surface area contributed by atoms with E-state index in [1.807, 2.05) is 24.3 Å². The van der Waals surface area contributed by atoms with Crippen LogP contribution < -0.4 is 14.8 Å². The van der Waals surface area contributed by atoms with E-state index >= 15 is 0 Å². The van der Waals surface area contributed by atoms with Gasteiger partial charge in [-0.2, -0.15) is 0 Å². The molecule has 3 aromatic rings. The molecule has 0 radical (unpaired) electrons. The van der Waals surface area contributed by atoms with Gasteiger partial charge in [-0.25, -0.2) is 15.2 Å². The number of hydrogen-bond donors (Lipinski definition) is 2. The average Bonchev–Trinajstić information content (AvgIpc) is 2.68. The van der Waals surface area contributed by atoms with Gasteiger partial charge in [-0.05, 0) is 24.3 Å². The van der Waals surface area contributed by atoms with E-state index in [1.165, 1.54) is 19.5 Å². The van der Waals surface area contributed by atoms with Gasteiger partial charge in [0.25, 0.3) is 4.92 Å². The van der Waals surface area contributed by atoms with Gasteiger partial charge < -0.3 is 14.8 Å². The van der Waals surface area contributed by atoms with E-state index in [9.17, 15) is 10.1 Å².